The average molecular weight is 423 g/mol. The van der Waals surface area contributed by atoms with Crippen LogP contribution in [0.2, 0.25) is 0 Å². The van der Waals surface area contributed by atoms with Gasteiger partial charge in [-0.25, -0.2) is 0 Å². The first-order valence-corrected chi connectivity index (χ1v) is 14.3. The van der Waals surface area contributed by atoms with Crippen LogP contribution in [0, 0.1) is 0 Å². The van der Waals surface area contributed by atoms with Crippen molar-refractivity contribution >= 4 is 5.78 Å². The quantitative estimate of drug-likeness (QED) is 0.127. The molecule has 0 aromatic heterocycles. The highest BCUT2D eigenvalue weighted by molar-refractivity contribution is 5.78. The lowest BCUT2D eigenvalue weighted by atomic mass is 10.0. The molecule has 0 rings (SSSR count). The Morgan fingerprint density at radius 1 is 0.333 bits per heavy atom. The Balaban J connectivity index is 3.10. The number of rotatable bonds is 26. The summed E-state index contributed by atoms with van der Waals surface area (Å²) in [7, 11) is 0. The van der Waals surface area contributed by atoms with E-state index in [1.54, 1.807) is 0 Å². The predicted molar refractivity (Wildman–Crippen MR) is 136 cm³/mol. The fourth-order valence-corrected chi connectivity index (χ4v) is 4.45. The number of hydrogen-bond donors (Lipinski definition) is 0. The highest BCUT2D eigenvalue weighted by Gasteiger charge is 2.02. The third kappa shape index (κ3) is 25.7. The van der Waals surface area contributed by atoms with Gasteiger partial charge >= 0.3 is 0 Å². The SMILES string of the molecule is CCCCCCCCCCCCCCCCCCCCC(=O)CCCCCCCC. The van der Waals surface area contributed by atoms with E-state index in [2.05, 4.69) is 13.8 Å². The van der Waals surface area contributed by atoms with Crippen LogP contribution in [0.1, 0.15) is 181 Å². The van der Waals surface area contributed by atoms with Gasteiger partial charge in [0.15, 0.2) is 0 Å². The molecule has 0 fully saturated rings. The molecule has 0 saturated heterocycles. The lowest BCUT2D eigenvalue weighted by Crippen LogP contribution is -1.97. The van der Waals surface area contributed by atoms with E-state index in [1.165, 1.54) is 141 Å². The van der Waals surface area contributed by atoms with Crippen molar-refractivity contribution in [3.63, 3.8) is 0 Å². The zero-order valence-electron chi connectivity index (χ0n) is 21.3. The molecule has 0 bridgehead atoms. The van der Waals surface area contributed by atoms with Crippen LogP contribution < -0.4 is 0 Å². The number of unbranched alkanes of at least 4 members (excludes halogenated alkanes) is 22. The Morgan fingerprint density at radius 2 is 0.533 bits per heavy atom. The molecule has 0 unspecified atom stereocenters. The van der Waals surface area contributed by atoms with Gasteiger partial charge < -0.3 is 0 Å². The molecule has 180 valence electrons. The highest BCUT2D eigenvalue weighted by Crippen LogP contribution is 2.15. The molecule has 30 heavy (non-hydrogen) atoms. The number of ketones is 1. The molecule has 0 aliphatic rings. The standard InChI is InChI=1S/C29H58O/c1-3-5-7-9-11-12-13-14-15-16-17-18-19-20-21-22-24-26-28-29(30)27-25-23-10-8-6-4-2/h3-28H2,1-2H3. The van der Waals surface area contributed by atoms with Crippen molar-refractivity contribution in [3.05, 3.63) is 0 Å². The van der Waals surface area contributed by atoms with Crippen molar-refractivity contribution in [3.8, 4) is 0 Å². The summed E-state index contributed by atoms with van der Waals surface area (Å²) in [5.74, 6) is 0.516. The largest absolute Gasteiger partial charge is 0.300 e. The summed E-state index contributed by atoms with van der Waals surface area (Å²) < 4.78 is 0. The van der Waals surface area contributed by atoms with E-state index in [0.717, 1.165) is 25.7 Å². The van der Waals surface area contributed by atoms with Gasteiger partial charge in [-0.2, -0.15) is 0 Å². The van der Waals surface area contributed by atoms with Crippen LogP contribution in [0.5, 0.6) is 0 Å². The first-order valence-electron chi connectivity index (χ1n) is 14.3. The van der Waals surface area contributed by atoms with Crippen LogP contribution in [-0.2, 0) is 4.79 Å². The molecule has 0 spiro atoms. The predicted octanol–water partition coefficient (Wildman–Crippen LogP) is 10.7. The summed E-state index contributed by atoms with van der Waals surface area (Å²) in [6, 6.07) is 0. The van der Waals surface area contributed by atoms with E-state index in [4.69, 9.17) is 0 Å². The summed E-state index contributed by atoms with van der Waals surface area (Å²) in [5, 5.41) is 0. The van der Waals surface area contributed by atoms with E-state index in [9.17, 15) is 4.79 Å². The molecule has 0 aromatic rings. The lowest BCUT2D eigenvalue weighted by Gasteiger charge is -2.04. The van der Waals surface area contributed by atoms with Crippen molar-refractivity contribution in [1.82, 2.24) is 0 Å². The monoisotopic (exact) mass is 422 g/mol. The minimum Gasteiger partial charge on any atom is -0.300 e. The van der Waals surface area contributed by atoms with Gasteiger partial charge in [0.1, 0.15) is 5.78 Å². The molecule has 0 atom stereocenters. The number of hydrogen-bond acceptors (Lipinski definition) is 1. The summed E-state index contributed by atoms with van der Waals surface area (Å²) >= 11 is 0. The fourth-order valence-electron chi connectivity index (χ4n) is 4.45. The van der Waals surface area contributed by atoms with Gasteiger partial charge in [-0.1, -0.05) is 155 Å². The van der Waals surface area contributed by atoms with Crippen molar-refractivity contribution in [2.24, 2.45) is 0 Å². The molecule has 0 aliphatic heterocycles. The van der Waals surface area contributed by atoms with E-state index >= 15 is 0 Å². The maximum absolute atomic E-state index is 11.9. The number of Topliss-reactive ketones (excluding diaryl/α,β-unsaturated/α-hetero) is 1. The van der Waals surface area contributed by atoms with Gasteiger partial charge in [0.05, 0.1) is 0 Å². The number of carbonyl (C=O) groups is 1. The topological polar surface area (TPSA) is 17.1 Å². The first-order chi connectivity index (χ1) is 14.8. The third-order valence-corrected chi connectivity index (χ3v) is 6.62. The highest BCUT2D eigenvalue weighted by atomic mass is 16.1. The summed E-state index contributed by atoms with van der Waals surface area (Å²) in [6.07, 6.45) is 34.7. The molecule has 0 radical (unpaired) electrons. The van der Waals surface area contributed by atoms with Crippen LogP contribution in [0.15, 0.2) is 0 Å². The van der Waals surface area contributed by atoms with Crippen LogP contribution in [0.25, 0.3) is 0 Å². The fraction of sp³-hybridized carbons (Fsp3) is 0.966. The molecule has 0 amide bonds. The Hall–Kier alpha value is -0.330. The molecular weight excluding hydrogens is 364 g/mol. The van der Waals surface area contributed by atoms with Crippen LogP contribution in [-0.4, -0.2) is 5.78 Å². The van der Waals surface area contributed by atoms with E-state index in [0.29, 0.717) is 5.78 Å². The van der Waals surface area contributed by atoms with Gasteiger partial charge in [-0.15, -0.1) is 0 Å². The second-order valence-electron chi connectivity index (χ2n) is 9.82. The van der Waals surface area contributed by atoms with Gasteiger partial charge in [0.25, 0.3) is 0 Å². The van der Waals surface area contributed by atoms with Crippen molar-refractivity contribution in [2.75, 3.05) is 0 Å². The lowest BCUT2D eigenvalue weighted by molar-refractivity contribution is -0.119. The molecule has 0 heterocycles. The molecule has 1 nitrogen and oxygen atoms in total. The maximum atomic E-state index is 11.9. The minimum absolute atomic E-state index is 0.516. The smallest absolute Gasteiger partial charge is 0.132 e. The minimum atomic E-state index is 0.516. The summed E-state index contributed by atoms with van der Waals surface area (Å²) in [6.45, 7) is 4.55. The number of carbonyl (C=O) groups excluding carboxylic acids is 1. The van der Waals surface area contributed by atoms with E-state index < -0.39 is 0 Å². The van der Waals surface area contributed by atoms with Gasteiger partial charge in [-0.05, 0) is 12.8 Å². The second-order valence-corrected chi connectivity index (χ2v) is 9.82. The summed E-state index contributed by atoms with van der Waals surface area (Å²) in [4.78, 5) is 11.9. The Morgan fingerprint density at radius 3 is 0.767 bits per heavy atom. The Kier molecular flexibility index (Phi) is 26.4. The van der Waals surface area contributed by atoms with Crippen LogP contribution in [0.4, 0.5) is 0 Å². The van der Waals surface area contributed by atoms with E-state index in [-0.39, 0.29) is 0 Å². The van der Waals surface area contributed by atoms with Crippen LogP contribution >= 0.6 is 0 Å². The van der Waals surface area contributed by atoms with Crippen LogP contribution in [0.3, 0.4) is 0 Å². The third-order valence-electron chi connectivity index (χ3n) is 6.62. The summed E-state index contributed by atoms with van der Waals surface area (Å²) in [5.41, 5.74) is 0. The molecule has 1 heteroatoms. The zero-order chi connectivity index (χ0) is 22.0. The van der Waals surface area contributed by atoms with Gasteiger partial charge in [0.2, 0.25) is 0 Å². The molecule has 0 aromatic carbocycles. The van der Waals surface area contributed by atoms with Crippen molar-refractivity contribution < 1.29 is 4.79 Å². The zero-order valence-corrected chi connectivity index (χ0v) is 21.3. The normalized spacial score (nSPS) is 11.3. The van der Waals surface area contributed by atoms with Crippen molar-refractivity contribution in [1.29, 1.82) is 0 Å². The molecular formula is C29H58O. The van der Waals surface area contributed by atoms with Gasteiger partial charge in [-0.3, -0.25) is 4.79 Å². The van der Waals surface area contributed by atoms with Gasteiger partial charge in [0, 0.05) is 12.8 Å². The van der Waals surface area contributed by atoms with Crippen molar-refractivity contribution in [2.45, 2.75) is 181 Å². The molecule has 0 aliphatic carbocycles. The first kappa shape index (κ1) is 29.7. The maximum Gasteiger partial charge on any atom is 0.132 e. The average Bonchev–Trinajstić information content (AvgIpc) is 2.75. The Bertz CT molecular complexity index is 322. The van der Waals surface area contributed by atoms with E-state index in [1.807, 2.05) is 0 Å². The second kappa shape index (κ2) is 26.7. The Labute approximate surface area is 191 Å². The molecule has 0 saturated carbocycles. The molecule has 0 N–H and O–H groups in total.